The largest absolute Gasteiger partial charge is 0.497 e. The molecule has 1 aliphatic rings. The van der Waals surface area contributed by atoms with Gasteiger partial charge in [-0.25, -0.2) is 4.98 Å². The number of hydrogen-bond acceptors (Lipinski definition) is 3. The van der Waals surface area contributed by atoms with E-state index in [1.165, 1.54) is 5.56 Å². The minimum absolute atomic E-state index is 0.0690. The predicted molar refractivity (Wildman–Crippen MR) is 98.1 cm³/mol. The van der Waals surface area contributed by atoms with Crippen LogP contribution in [0.1, 0.15) is 54.5 Å². The van der Waals surface area contributed by atoms with E-state index < -0.39 is 0 Å². The van der Waals surface area contributed by atoms with Gasteiger partial charge >= 0.3 is 0 Å². The molecule has 0 aliphatic carbocycles. The van der Waals surface area contributed by atoms with Gasteiger partial charge in [-0.05, 0) is 36.5 Å². The Balaban J connectivity index is 1.67. The van der Waals surface area contributed by atoms with Gasteiger partial charge in [-0.15, -0.1) is 0 Å². The fourth-order valence-electron chi connectivity index (χ4n) is 3.29. The highest BCUT2D eigenvalue weighted by Gasteiger charge is 2.23. The Morgan fingerprint density at radius 2 is 2.28 bits per heavy atom. The number of rotatable bonds is 6. The van der Waals surface area contributed by atoms with E-state index in [9.17, 15) is 4.79 Å². The lowest BCUT2D eigenvalue weighted by Gasteiger charge is -2.24. The van der Waals surface area contributed by atoms with Gasteiger partial charge in [0, 0.05) is 31.6 Å². The Bertz CT molecular complexity index is 736. The SMILES string of the molecule is COc1cccc(C2CCc3nc(C(=O)NCCC(C)C)cn3C2)c1. The van der Waals surface area contributed by atoms with Gasteiger partial charge < -0.3 is 14.6 Å². The molecule has 0 saturated carbocycles. The summed E-state index contributed by atoms with van der Waals surface area (Å²) in [6.45, 7) is 5.86. The molecular formula is C20H27N3O2. The second kappa shape index (κ2) is 7.72. The standard InChI is InChI=1S/C20H27N3O2/c1-14(2)9-10-21-20(24)18-13-23-12-16(7-8-19(23)22-18)15-5-4-6-17(11-15)25-3/h4-6,11,13-14,16H,7-10,12H2,1-3H3,(H,21,24). The molecule has 1 N–H and O–H groups in total. The minimum atomic E-state index is -0.0690. The van der Waals surface area contributed by atoms with Crippen LogP contribution in [0.5, 0.6) is 5.75 Å². The number of carbonyl (C=O) groups excluding carboxylic acids is 1. The second-order valence-electron chi connectivity index (χ2n) is 7.15. The van der Waals surface area contributed by atoms with Crippen LogP contribution < -0.4 is 10.1 Å². The van der Waals surface area contributed by atoms with Crippen LogP contribution in [0.2, 0.25) is 0 Å². The van der Waals surface area contributed by atoms with Crippen molar-refractivity contribution in [2.75, 3.05) is 13.7 Å². The van der Waals surface area contributed by atoms with Gasteiger partial charge in [0.1, 0.15) is 17.3 Å². The fourth-order valence-corrected chi connectivity index (χ4v) is 3.29. The molecule has 1 aliphatic heterocycles. The van der Waals surface area contributed by atoms with Crippen molar-refractivity contribution >= 4 is 5.91 Å². The van der Waals surface area contributed by atoms with Gasteiger partial charge in [-0.2, -0.15) is 0 Å². The minimum Gasteiger partial charge on any atom is -0.497 e. The Morgan fingerprint density at radius 1 is 1.44 bits per heavy atom. The highest BCUT2D eigenvalue weighted by Crippen LogP contribution is 2.30. The number of imidazole rings is 1. The zero-order valence-corrected chi connectivity index (χ0v) is 15.3. The van der Waals surface area contributed by atoms with Crippen LogP contribution in [0, 0.1) is 5.92 Å². The summed E-state index contributed by atoms with van der Waals surface area (Å²) in [5.41, 5.74) is 1.81. The number of aryl methyl sites for hydroxylation is 1. The Kier molecular flexibility index (Phi) is 5.41. The molecule has 3 rings (SSSR count). The summed E-state index contributed by atoms with van der Waals surface area (Å²) in [4.78, 5) is 16.8. The molecule has 134 valence electrons. The number of methoxy groups -OCH3 is 1. The van der Waals surface area contributed by atoms with Crippen LogP contribution >= 0.6 is 0 Å². The molecular weight excluding hydrogens is 314 g/mol. The normalized spacial score (nSPS) is 16.6. The summed E-state index contributed by atoms with van der Waals surface area (Å²) in [6.07, 6.45) is 4.81. The molecule has 5 nitrogen and oxygen atoms in total. The van der Waals surface area contributed by atoms with Gasteiger partial charge in [0.15, 0.2) is 0 Å². The van der Waals surface area contributed by atoms with Gasteiger partial charge in [0.05, 0.1) is 7.11 Å². The molecule has 0 bridgehead atoms. The van der Waals surface area contributed by atoms with Crippen LogP contribution in [0.25, 0.3) is 0 Å². The van der Waals surface area contributed by atoms with Crippen molar-refractivity contribution in [2.24, 2.45) is 5.92 Å². The van der Waals surface area contributed by atoms with Gasteiger partial charge in [0.2, 0.25) is 0 Å². The molecule has 25 heavy (non-hydrogen) atoms. The maximum absolute atomic E-state index is 12.3. The van der Waals surface area contributed by atoms with E-state index in [1.807, 2.05) is 18.3 Å². The highest BCUT2D eigenvalue weighted by atomic mass is 16.5. The molecule has 2 aromatic rings. The summed E-state index contributed by atoms with van der Waals surface area (Å²) in [6, 6.07) is 8.25. The Hall–Kier alpha value is -2.30. The molecule has 0 spiro atoms. The monoisotopic (exact) mass is 341 g/mol. The van der Waals surface area contributed by atoms with Crippen molar-refractivity contribution < 1.29 is 9.53 Å². The number of nitrogens with zero attached hydrogens (tertiary/aromatic N) is 2. The fraction of sp³-hybridized carbons (Fsp3) is 0.500. The molecule has 1 aromatic heterocycles. The average Bonchev–Trinajstić information content (AvgIpc) is 3.04. The van der Waals surface area contributed by atoms with Crippen molar-refractivity contribution in [2.45, 2.75) is 45.6 Å². The number of carbonyl (C=O) groups is 1. The number of ether oxygens (including phenoxy) is 1. The van der Waals surface area contributed by atoms with Gasteiger partial charge in [-0.1, -0.05) is 26.0 Å². The van der Waals surface area contributed by atoms with Crippen LogP contribution in [0.15, 0.2) is 30.5 Å². The molecule has 5 heteroatoms. The van der Waals surface area contributed by atoms with E-state index in [0.717, 1.165) is 37.4 Å². The van der Waals surface area contributed by atoms with Crippen molar-refractivity contribution in [3.63, 3.8) is 0 Å². The van der Waals surface area contributed by atoms with Crippen LogP contribution in [-0.4, -0.2) is 29.1 Å². The Labute approximate surface area is 149 Å². The molecule has 1 unspecified atom stereocenters. The molecule has 2 heterocycles. The summed E-state index contributed by atoms with van der Waals surface area (Å²) in [5, 5.41) is 2.97. The van der Waals surface area contributed by atoms with Crippen LogP contribution in [-0.2, 0) is 13.0 Å². The topological polar surface area (TPSA) is 56.1 Å². The van der Waals surface area contributed by atoms with E-state index >= 15 is 0 Å². The molecule has 0 fully saturated rings. The maximum Gasteiger partial charge on any atom is 0.271 e. The third-order valence-electron chi connectivity index (χ3n) is 4.80. The lowest BCUT2D eigenvalue weighted by molar-refractivity contribution is 0.0947. The summed E-state index contributed by atoms with van der Waals surface area (Å²) >= 11 is 0. The number of aromatic nitrogens is 2. The summed E-state index contributed by atoms with van der Waals surface area (Å²) in [5.74, 6) is 2.83. The van der Waals surface area contributed by atoms with Crippen molar-refractivity contribution in [1.29, 1.82) is 0 Å². The first-order valence-corrected chi connectivity index (χ1v) is 9.05. The van der Waals surface area contributed by atoms with E-state index in [2.05, 4.69) is 40.8 Å². The smallest absolute Gasteiger partial charge is 0.271 e. The molecule has 0 radical (unpaired) electrons. The third-order valence-corrected chi connectivity index (χ3v) is 4.80. The van der Waals surface area contributed by atoms with Crippen LogP contribution in [0.4, 0.5) is 0 Å². The maximum atomic E-state index is 12.3. The van der Waals surface area contributed by atoms with E-state index in [0.29, 0.717) is 24.1 Å². The quantitative estimate of drug-likeness (QED) is 0.876. The van der Waals surface area contributed by atoms with E-state index in [-0.39, 0.29) is 5.91 Å². The Morgan fingerprint density at radius 3 is 3.04 bits per heavy atom. The van der Waals surface area contributed by atoms with Crippen LogP contribution in [0.3, 0.4) is 0 Å². The number of hydrogen-bond donors (Lipinski definition) is 1. The molecule has 1 atom stereocenters. The van der Waals surface area contributed by atoms with E-state index in [4.69, 9.17) is 4.74 Å². The third kappa shape index (κ3) is 4.21. The van der Waals surface area contributed by atoms with Gasteiger partial charge in [0.25, 0.3) is 5.91 Å². The first kappa shape index (κ1) is 17.5. The van der Waals surface area contributed by atoms with Crippen molar-refractivity contribution in [3.8, 4) is 5.75 Å². The number of benzene rings is 1. The lowest BCUT2D eigenvalue weighted by Crippen LogP contribution is -2.25. The lowest BCUT2D eigenvalue weighted by atomic mass is 9.91. The summed E-state index contributed by atoms with van der Waals surface area (Å²) in [7, 11) is 1.69. The predicted octanol–water partition coefficient (Wildman–Crippen LogP) is 3.40. The first-order valence-electron chi connectivity index (χ1n) is 9.05. The summed E-state index contributed by atoms with van der Waals surface area (Å²) < 4.78 is 7.46. The second-order valence-corrected chi connectivity index (χ2v) is 7.15. The van der Waals surface area contributed by atoms with Gasteiger partial charge in [-0.3, -0.25) is 4.79 Å². The molecule has 1 aromatic carbocycles. The average molecular weight is 341 g/mol. The number of nitrogens with one attached hydrogen (secondary N) is 1. The molecule has 1 amide bonds. The molecule has 0 saturated heterocycles. The van der Waals surface area contributed by atoms with Crippen molar-refractivity contribution in [3.05, 3.63) is 47.5 Å². The van der Waals surface area contributed by atoms with Crippen molar-refractivity contribution in [1.82, 2.24) is 14.9 Å². The number of fused-ring (bicyclic) bond motifs is 1. The highest BCUT2D eigenvalue weighted by molar-refractivity contribution is 5.92. The zero-order valence-electron chi connectivity index (χ0n) is 15.3. The van der Waals surface area contributed by atoms with E-state index in [1.54, 1.807) is 7.11 Å². The zero-order chi connectivity index (χ0) is 17.8. The number of amides is 1. The first-order chi connectivity index (χ1) is 12.1.